The van der Waals surface area contributed by atoms with Crippen molar-refractivity contribution in [1.29, 1.82) is 0 Å². The van der Waals surface area contributed by atoms with E-state index in [-0.39, 0.29) is 0 Å². The summed E-state index contributed by atoms with van der Waals surface area (Å²) in [6, 6.07) is 6.94. The highest BCUT2D eigenvalue weighted by Gasteiger charge is 2.25. The number of phenols is 1. The molecular weight excluding hydrogens is 238 g/mol. The lowest BCUT2D eigenvalue weighted by atomic mass is 9.96. The standard InChI is InChI=1S/C16H25NO2/c1-4-19-15-10-6-9-14(16(15)18)11-17-12(2)7-5-8-13(17)3/h6,9-10,12-13,18H,4-5,7-8,11H2,1-3H3/t12-,13+. The number of hydrogen-bond donors (Lipinski definition) is 1. The van der Waals surface area contributed by atoms with E-state index in [1.807, 2.05) is 25.1 Å². The summed E-state index contributed by atoms with van der Waals surface area (Å²) in [5.41, 5.74) is 0.964. The minimum absolute atomic E-state index is 0.300. The number of piperidine rings is 1. The summed E-state index contributed by atoms with van der Waals surface area (Å²) >= 11 is 0. The van der Waals surface area contributed by atoms with E-state index in [0.29, 0.717) is 30.2 Å². The van der Waals surface area contributed by atoms with Crippen LogP contribution < -0.4 is 4.74 Å². The summed E-state index contributed by atoms with van der Waals surface area (Å²) in [7, 11) is 0. The fraction of sp³-hybridized carbons (Fsp3) is 0.625. The van der Waals surface area contributed by atoms with E-state index in [1.54, 1.807) is 0 Å². The van der Waals surface area contributed by atoms with Gasteiger partial charge in [-0.15, -0.1) is 0 Å². The van der Waals surface area contributed by atoms with Gasteiger partial charge in [0.25, 0.3) is 0 Å². The smallest absolute Gasteiger partial charge is 0.162 e. The second-order valence-corrected chi connectivity index (χ2v) is 5.50. The molecule has 0 bridgehead atoms. The van der Waals surface area contributed by atoms with Gasteiger partial charge in [0, 0.05) is 24.2 Å². The Kier molecular flexibility index (Phi) is 4.70. The third kappa shape index (κ3) is 3.21. The quantitative estimate of drug-likeness (QED) is 0.901. The van der Waals surface area contributed by atoms with E-state index in [2.05, 4.69) is 18.7 Å². The molecule has 1 fully saturated rings. The molecule has 1 N–H and O–H groups in total. The van der Waals surface area contributed by atoms with Gasteiger partial charge in [-0.05, 0) is 39.7 Å². The molecule has 3 nitrogen and oxygen atoms in total. The van der Waals surface area contributed by atoms with Crippen LogP contribution in [0.15, 0.2) is 18.2 Å². The fourth-order valence-corrected chi connectivity index (χ4v) is 2.95. The maximum atomic E-state index is 10.3. The Morgan fingerprint density at radius 1 is 1.26 bits per heavy atom. The molecule has 0 aromatic heterocycles. The molecular formula is C16H25NO2. The number of hydrogen-bond acceptors (Lipinski definition) is 3. The fourth-order valence-electron chi connectivity index (χ4n) is 2.95. The monoisotopic (exact) mass is 263 g/mol. The minimum Gasteiger partial charge on any atom is -0.504 e. The molecule has 0 unspecified atom stereocenters. The van der Waals surface area contributed by atoms with Gasteiger partial charge in [0.05, 0.1) is 6.61 Å². The Morgan fingerprint density at radius 2 is 1.95 bits per heavy atom. The summed E-state index contributed by atoms with van der Waals surface area (Å²) in [5, 5.41) is 10.3. The first-order chi connectivity index (χ1) is 9.13. The maximum absolute atomic E-state index is 10.3. The van der Waals surface area contributed by atoms with Crippen molar-refractivity contribution in [1.82, 2.24) is 4.90 Å². The lowest BCUT2D eigenvalue weighted by Gasteiger charge is -2.39. The summed E-state index contributed by atoms with van der Waals surface area (Å²) in [5.74, 6) is 0.895. The van der Waals surface area contributed by atoms with Crippen LogP contribution in [0.3, 0.4) is 0 Å². The van der Waals surface area contributed by atoms with Gasteiger partial charge < -0.3 is 9.84 Å². The second-order valence-electron chi connectivity index (χ2n) is 5.50. The van der Waals surface area contributed by atoms with Gasteiger partial charge in [0.1, 0.15) is 0 Å². The molecule has 1 aliphatic heterocycles. The van der Waals surface area contributed by atoms with Crippen LogP contribution >= 0.6 is 0 Å². The van der Waals surface area contributed by atoms with E-state index in [4.69, 9.17) is 4.74 Å². The van der Waals surface area contributed by atoms with Gasteiger partial charge in [0.2, 0.25) is 0 Å². The van der Waals surface area contributed by atoms with Crippen molar-refractivity contribution < 1.29 is 9.84 Å². The zero-order chi connectivity index (χ0) is 13.8. The molecule has 0 spiro atoms. The molecule has 106 valence electrons. The van der Waals surface area contributed by atoms with Crippen LogP contribution in [0.1, 0.15) is 45.6 Å². The van der Waals surface area contributed by atoms with Gasteiger partial charge in [-0.3, -0.25) is 4.90 Å². The Morgan fingerprint density at radius 3 is 2.58 bits per heavy atom. The second kappa shape index (κ2) is 6.29. The first-order valence-corrected chi connectivity index (χ1v) is 7.32. The molecule has 1 aromatic rings. The van der Waals surface area contributed by atoms with Gasteiger partial charge >= 0.3 is 0 Å². The lowest BCUT2D eigenvalue weighted by Crippen LogP contribution is -2.42. The van der Waals surface area contributed by atoms with E-state index in [0.717, 1.165) is 12.1 Å². The molecule has 2 rings (SSSR count). The van der Waals surface area contributed by atoms with E-state index >= 15 is 0 Å². The number of para-hydroxylation sites is 1. The molecule has 0 saturated carbocycles. The zero-order valence-electron chi connectivity index (χ0n) is 12.2. The predicted molar refractivity (Wildman–Crippen MR) is 77.6 cm³/mol. The number of phenolic OH excluding ortho intramolecular Hbond substituents is 1. The topological polar surface area (TPSA) is 32.7 Å². The first kappa shape index (κ1) is 14.2. The third-order valence-corrected chi connectivity index (χ3v) is 4.11. The molecule has 3 heteroatoms. The molecule has 0 amide bonds. The Labute approximate surface area is 116 Å². The van der Waals surface area contributed by atoms with Crippen molar-refractivity contribution >= 4 is 0 Å². The first-order valence-electron chi connectivity index (χ1n) is 7.32. The van der Waals surface area contributed by atoms with Crippen molar-refractivity contribution in [2.75, 3.05) is 6.61 Å². The van der Waals surface area contributed by atoms with Crippen LogP contribution in [0, 0.1) is 0 Å². The number of aromatic hydroxyl groups is 1. The van der Waals surface area contributed by atoms with Crippen molar-refractivity contribution in [3.8, 4) is 11.5 Å². The van der Waals surface area contributed by atoms with Crippen molar-refractivity contribution in [3.63, 3.8) is 0 Å². The third-order valence-electron chi connectivity index (χ3n) is 4.11. The molecule has 1 heterocycles. The Balaban J connectivity index is 2.15. The average molecular weight is 263 g/mol. The SMILES string of the molecule is CCOc1cccc(CN2[C@H](C)CCC[C@@H]2C)c1O. The predicted octanol–water partition coefficient (Wildman–Crippen LogP) is 3.55. The number of rotatable bonds is 4. The maximum Gasteiger partial charge on any atom is 0.162 e. The van der Waals surface area contributed by atoms with Crippen LogP contribution in [0.2, 0.25) is 0 Å². The molecule has 0 aliphatic carbocycles. The highest BCUT2D eigenvalue weighted by Crippen LogP contribution is 2.33. The van der Waals surface area contributed by atoms with Gasteiger partial charge in [-0.2, -0.15) is 0 Å². The summed E-state index contributed by atoms with van der Waals surface area (Å²) < 4.78 is 5.45. The van der Waals surface area contributed by atoms with Crippen LogP contribution in [0.5, 0.6) is 11.5 Å². The molecule has 0 radical (unpaired) electrons. The molecule has 1 saturated heterocycles. The number of likely N-dealkylation sites (tertiary alicyclic amines) is 1. The normalized spacial score (nSPS) is 24.4. The summed E-state index contributed by atoms with van der Waals surface area (Å²) in [4.78, 5) is 2.48. The van der Waals surface area contributed by atoms with E-state index in [1.165, 1.54) is 19.3 Å². The van der Waals surface area contributed by atoms with Crippen LogP contribution in [-0.4, -0.2) is 28.7 Å². The Hall–Kier alpha value is -1.22. The Bertz CT molecular complexity index is 409. The molecule has 2 atom stereocenters. The zero-order valence-corrected chi connectivity index (χ0v) is 12.2. The highest BCUT2D eigenvalue weighted by molar-refractivity contribution is 5.45. The number of ether oxygens (including phenoxy) is 1. The largest absolute Gasteiger partial charge is 0.504 e. The summed E-state index contributed by atoms with van der Waals surface area (Å²) in [6.45, 7) is 7.86. The number of nitrogens with zero attached hydrogens (tertiary/aromatic N) is 1. The van der Waals surface area contributed by atoms with Crippen molar-refractivity contribution in [3.05, 3.63) is 23.8 Å². The molecule has 1 aliphatic rings. The van der Waals surface area contributed by atoms with Gasteiger partial charge in [-0.1, -0.05) is 18.6 Å². The lowest BCUT2D eigenvalue weighted by molar-refractivity contribution is 0.0941. The summed E-state index contributed by atoms with van der Waals surface area (Å²) in [6.07, 6.45) is 3.80. The van der Waals surface area contributed by atoms with Crippen LogP contribution in [0.4, 0.5) is 0 Å². The minimum atomic E-state index is 0.300. The van der Waals surface area contributed by atoms with Crippen molar-refractivity contribution in [2.45, 2.75) is 58.7 Å². The average Bonchev–Trinajstić information content (AvgIpc) is 2.38. The highest BCUT2D eigenvalue weighted by atomic mass is 16.5. The van der Waals surface area contributed by atoms with Crippen LogP contribution in [0.25, 0.3) is 0 Å². The van der Waals surface area contributed by atoms with Crippen molar-refractivity contribution in [2.24, 2.45) is 0 Å². The van der Waals surface area contributed by atoms with E-state index < -0.39 is 0 Å². The number of benzene rings is 1. The van der Waals surface area contributed by atoms with Gasteiger partial charge in [0.15, 0.2) is 11.5 Å². The molecule has 19 heavy (non-hydrogen) atoms. The van der Waals surface area contributed by atoms with Gasteiger partial charge in [-0.25, -0.2) is 0 Å². The van der Waals surface area contributed by atoms with Crippen LogP contribution in [-0.2, 0) is 6.54 Å². The van der Waals surface area contributed by atoms with E-state index in [9.17, 15) is 5.11 Å². The molecule has 1 aromatic carbocycles.